The van der Waals surface area contributed by atoms with E-state index in [1.807, 2.05) is 37.4 Å². The van der Waals surface area contributed by atoms with E-state index in [1.165, 1.54) is 0 Å². The molecule has 3 heterocycles. The zero-order valence-electron chi connectivity index (χ0n) is 28.8. The highest BCUT2D eigenvalue weighted by Gasteiger charge is 2.21. The summed E-state index contributed by atoms with van der Waals surface area (Å²) in [6.07, 6.45) is 5.91. The summed E-state index contributed by atoms with van der Waals surface area (Å²) in [7, 11) is 0. The SMILES string of the molecule is C=C/C(=C\C)c1ccc(CN=C(c2ccccc2)c2ccc(-n3c4cc(-c5ccccc5)cc5oc6ccccc6c6cccc3c6c54)nc2)cc1. The number of allylic oxidation sites excluding steroid dienone is 3. The molecule has 0 fully saturated rings. The van der Waals surface area contributed by atoms with Gasteiger partial charge in [0.05, 0.1) is 28.7 Å². The van der Waals surface area contributed by atoms with Gasteiger partial charge in [-0.2, -0.15) is 0 Å². The van der Waals surface area contributed by atoms with Crippen molar-refractivity contribution in [3.05, 3.63) is 199 Å². The van der Waals surface area contributed by atoms with Gasteiger partial charge < -0.3 is 4.42 Å². The normalized spacial score (nSPS) is 12.3. The molecule has 0 radical (unpaired) electrons. The Balaban J connectivity index is 1.20. The Hall–Kier alpha value is -6.78. The summed E-state index contributed by atoms with van der Waals surface area (Å²) in [5.74, 6) is 0.830. The van der Waals surface area contributed by atoms with Gasteiger partial charge in [-0.1, -0.05) is 134 Å². The molecule has 0 saturated carbocycles. The maximum absolute atomic E-state index is 6.77. The van der Waals surface area contributed by atoms with Crippen molar-refractivity contribution in [1.29, 1.82) is 0 Å². The minimum atomic E-state index is 0.549. The standard InChI is InChI=1S/C48H35N3O/c1-3-33(4-2)35-24-22-32(23-25-35)30-50-48(36-16-9-6-10-17-36)37-26-27-45(49-31-37)51-41-20-13-19-40-39-18-11-12-21-43(39)52-44-29-38(34-14-7-5-8-15-34)28-42(51)47(44)46(40)41/h3-29,31H,1,30H2,2H3/b33-4+,50-48?. The second-order valence-electron chi connectivity index (χ2n) is 12.9. The molecule has 52 heavy (non-hydrogen) atoms. The van der Waals surface area contributed by atoms with Crippen molar-refractivity contribution in [3.8, 4) is 16.9 Å². The van der Waals surface area contributed by atoms with Crippen molar-refractivity contribution in [2.45, 2.75) is 13.5 Å². The van der Waals surface area contributed by atoms with Crippen LogP contribution in [-0.2, 0) is 6.54 Å². The Morgan fingerprint density at radius 2 is 1.38 bits per heavy atom. The number of aromatic nitrogens is 2. The third-order valence-electron chi connectivity index (χ3n) is 9.90. The maximum Gasteiger partial charge on any atom is 0.138 e. The van der Waals surface area contributed by atoms with E-state index in [1.54, 1.807) is 0 Å². The van der Waals surface area contributed by atoms with Crippen LogP contribution < -0.4 is 0 Å². The van der Waals surface area contributed by atoms with Crippen molar-refractivity contribution in [3.63, 3.8) is 0 Å². The van der Waals surface area contributed by atoms with E-state index in [9.17, 15) is 0 Å². The number of hydrogen-bond donors (Lipinski definition) is 0. The minimum Gasteiger partial charge on any atom is -0.456 e. The van der Waals surface area contributed by atoms with Crippen molar-refractivity contribution >= 4 is 55.0 Å². The van der Waals surface area contributed by atoms with Gasteiger partial charge in [-0.25, -0.2) is 4.98 Å². The Bertz CT molecular complexity index is 2800. The van der Waals surface area contributed by atoms with Crippen LogP contribution in [0.3, 0.4) is 0 Å². The van der Waals surface area contributed by atoms with Gasteiger partial charge in [0.2, 0.25) is 0 Å². The summed E-state index contributed by atoms with van der Waals surface area (Å²) in [6, 6.07) is 52.9. The number of pyridine rings is 1. The fourth-order valence-electron chi connectivity index (χ4n) is 7.37. The van der Waals surface area contributed by atoms with Crippen LogP contribution in [0.2, 0.25) is 0 Å². The van der Waals surface area contributed by atoms with Crippen LogP contribution in [0.15, 0.2) is 186 Å². The fourth-order valence-corrected chi connectivity index (χ4v) is 7.37. The molecule has 6 aromatic carbocycles. The molecule has 0 aliphatic heterocycles. The molecular formula is C48H35N3O. The molecule has 3 aromatic heterocycles. The Morgan fingerprint density at radius 3 is 2.13 bits per heavy atom. The zero-order chi connectivity index (χ0) is 35.0. The number of rotatable bonds is 8. The Morgan fingerprint density at radius 1 is 0.654 bits per heavy atom. The zero-order valence-corrected chi connectivity index (χ0v) is 28.8. The first kappa shape index (κ1) is 31.2. The largest absolute Gasteiger partial charge is 0.456 e. The van der Waals surface area contributed by atoms with E-state index in [2.05, 4.69) is 151 Å². The molecule has 9 aromatic rings. The predicted octanol–water partition coefficient (Wildman–Crippen LogP) is 12.4. The van der Waals surface area contributed by atoms with Crippen molar-refractivity contribution in [2.24, 2.45) is 4.99 Å². The number of aliphatic imine (C=N–C) groups is 1. The monoisotopic (exact) mass is 669 g/mol. The van der Waals surface area contributed by atoms with E-state index in [0.717, 1.165) is 94.2 Å². The first-order chi connectivity index (χ1) is 25.7. The number of hydrogen-bond acceptors (Lipinski definition) is 3. The summed E-state index contributed by atoms with van der Waals surface area (Å²) in [4.78, 5) is 10.3. The second-order valence-corrected chi connectivity index (χ2v) is 12.9. The van der Waals surface area contributed by atoms with E-state index >= 15 is 0 Å². The van der Waals surface area contributed by atoms with Gasteiger partial charge in [-0.15, -0.1) is 0 Å². The molecule has 0 spiro atoms. The van der Waals surface area contributed by atoms with Crippen molar-refractivity contribution in [1.82, 2.24) is 9.55 Å². The van der Waals surface area contributed by atoms with Crippen LogP contribution in [0, 0.1) is 0 Å². The predicted molar refractivity (Wildman–Crippen MR) is 217 cm³/mol. The van der Waals surface area contributed by atoms with Crippen molar-refractivity contribution in [2.75, 3.05) is 0 Å². The average molecular weight is 670 g/mol. The fraction of sp³-hybridized carbons (Fsp3) is 0.0417. The second kappa shape index (κ2) is 13.2. The molecule has 9 rings (SSSR count). The van der Waals surface area contributed by atoms with E-state index in [4.69, 9.17) is 14.4 Å². The lowest BCUT2D eigenvalue weighted by Gasteiger charge is -2.12. The van der Waals surface area contributed by atoms with Crippen LogP contribution in [0.5, 0.6) is 0 Å². The molecule has 4 heteroatoms. The highest BCUT2D eigenvalue weighted by atomic mass is 16.3. The number of fused-ring (bicyclic) bond motifs is 2. The molecule has 0 saturated heterocycles. The average Bonchev–Trinajstić information content (AvgIpc) is 3.47. The molecule has 0 atom stereocenters. The molecule has 0 aliphatic carbocycles. The minimum absolute atomic E-state index is 0.549. The summed E-state index contributed by atoms with van der Waals surface area (Å²) >= 11 is 0. The van der Waals surface area contributed by atoms with Gasteiger partial charge in [0, 0.05) is 28.1 Å². The summed E-state index contributed by atoms with van der Waals surface area (Å²) in [6.45, 7) is 6.53. The van der Waals surface area contributed by atoms with Crippen LogP contribution >= 0.6 is 0 Å². The highest BCUT2D eigenvalue weighted by molar-refractivity contribution is 6.27. The first-order valence-corrected chi connectivity index (χ1v) is 17.6. The van der Waals surface area contributed by atoms with Gasteiger partial charge in [0.15, 0.2) is 0 Å². The van der Waals surface area contributed by atoms with Gasteiger partial charge in [0.1, 0.15) is 17.0 Å². The maximum atomic E-state index is 6.77. The summed E-state index contributed by atoms with van der Waals surface area (Å²) < 4.78 is 9.04. The van der Waals surface area contributed by atoms with Crippen LogP contribution in [0.1, 0.15) is 29.2 Å². The van der Waals surface area contributed by atoms with Crippen LogP contribution in [-0.4, -0.2) is 15.3 Å². The van der Waals surface area contributed by atoms with Gasteiger partial charge in [0.25, 0.3) is 0 Å². The molecule has 0 amide bonds. The molecule has 0 aliphatic rings. The van der Waals surface area contributed by atoms with Gasteiger partial charge >= 0.3 is 0 Å². The molecule has 248 valence electrons. The molecule has 0 N–H and O–H groups in total. The van der Waals surface area contributed by atoms with Crippen LogP contribution in [0.25, 0.3) is 66.3 Å². The summed E-state index contributed by atoms with van der Waals surface area (Å²) in [5.41, 5.74) is 12.4. The molecule has 0 unspecified atom stereocenters. The highest BCUT2D eigenvalue weighted by Crippen LogP contribution is 2.42. The molecule has 0 bridgehead atoms. The lowest BCUT2D eigenvalue weighted by atomic mass is 10.0. The van der Waals surface area contributed by atoms with Gasteiger partial charge in [-0.05, 0) is 76.5 Å². The topological polar surface area (TPSA) is 43.3 Å². The Kier molecular flexibility index (Phi) is 7.90. The third kappa shape index (κ3) is 5.42. The van der Waals surface area contributed by atoms with Gasteiger partial charge in [-0.3, -0.25) is 9.56 Å². The Labute approximate surface area is 302 Å². The van der Waals surface area contributed by atoms with E-state index in [-0.39, 0.29) is 0 Å². The number of benzene rings is 6. The smallest absolute Gasteiger partial charge is 0.138 e. The number of para-hydroxylation sites is 1. The lowest BCUT2D eigenvalue weighted by Crippen LogP contribution is -2.06. The van der Waals surface area contributed by atoms with Crippen molar-refractivity contribution < 1.29 is 4.42 Å². The quantitative estimate of drug-likeness (QED) is 0.119. The summed E-state index contributed by atoms with van der Waals surface area (Å²) in [5, 5.41) is 4.47. The van der Waals surface area contributed by atoms with E-state index in [0.29, 0.717) is 6.54 Å². The molecular weight excluding hydrogens is 635 g/mol. The van der Waals surface area contributed by atoms with E-state index < -0.39 is 0 Å². The number of nitrogens with zero attached hydrogens (tertiary/aromatic N) is 3. The first-order valence-electron chi connectivity index (χ1n) is 17.6. The van der Waals surface area contributed by atoms with Crippen LogP contribution in [0.4, 0.5) is 0 Å². The molecule has 4 nitrogen and oxygen atoms in total. The lowest BCUT2D eigenvalue weighted by molar-refractivity contribution is 0.664. The third-order valence-corrected chi connectivity index (χ3v) is 9.90.